The van der Waals surface area contributed by atoms with Crippen LogP contribution in [0.1, 0.15) is 42.4 Å². The average molecular weight is 302 g/mol. The third-order valence-electron chi connectivity index (χ3n) is 5.24. The molecule has 2 saturated heterocycles. The summed E-state index contributed by atoms with van der Waals surface area (Å²) in [6.07, 6.45) is 4.65. The van der Waals surface area contributed by atoms with Crippen molar-refractivity contribution < 1.29 is 5.11 Å². The third-order valence-corrected chi connectivity index (χ3v) is 5.24. The van der Waals surface area contributed by atoms with Crippen LogP contribution in [0.15, 0.2) is 18.2 Å². The Morgan fingerprint density at radius 3 is 2.50 bits per heavy atom. The van der Waals surface area contributed by atoms with Gasteiger partial charge in [-0.3, -0.25) is 4.90 Å². The number of aliphatic hydroxyl groups is 1. The number of aryl methyl sites for hydroxylation is 2. The van der Waals surface area contributed by atoms with E-state index >= 15 is 0 Å². The minimum Gasteiger partial charge on any atom is -0.387 e. The maximum Gasteiger partial charge on any atom is 0.0900 e. The summed E-state index contributed by atoms with van der Waals surface area (Å²) in [5.74, 6) is 0. The topological polar surface area (TPSA) is 26.7 Å². The Kier molecular flexibility index (Phi) is 4.86. The second-order valence-electron chi connectivity index (χ2n) is 7.45. The molecule has 3 heteroatoms. The molecule has 2 aliphatic heterocycles. The Labute approximate surface area is 134 Å². The summed E-state index contributed by atoms with van der Waals surface area (Å²) in [4.78, 5) is 4.89. The Hall–Kier alpha value is -0.900. The van der Waals surface area contributed by atoms with Gasteiger partial charge in [0.15, 0.2) is 0 Å². The van der Waals surface area contributed by atoms with Crippen LogP contribution in [0.2, 0.25) is 0 Å². The van der Waals surface area contributed by atoms with Crippen molar-refractivity contribution in [2.75, 3.05) is 32.7 Å². The normalized spacial score (nSPS) is 27.4. The highest BCUT2D eigenvalue weighted by Crippen LogP contribution is 2.26. The number of β-amino-alcohol motifs (C(OH)–C–C–N with tert-alkyl or cyclic N) is 1. The molecule has 0 radical (unpaired) electrons. The molecule has 3 nitrogen and oxygen atoms in total. The number of piperidine rings is 1. The van der Waals surface area contributed by atoms with Crippen molar-refractivity contribution >= 4 is 0 Å². The van der Waals surface area contributed by atoms with Crippen molar-refractivity contribution in [3.8, 4) is 0 Å². The summed E-state index contributed by atoms with van der Waals surface area (Å²) in [6.45, 7) is 10.4. The first-order chi connectivity index (χ1) is 10.5. The second-order valence-corrected chi connectivity index (χ2v) is 7.45. The lowest BCUT2D eigenvalue weighted by molar-refractivity contribution is -0.0519. The minimum absolute atomic E-state index is 0.513. The quantitative estimate of drug-likeness (QED) is 0.926. The van der Waals surface area contributed by atoms with Crippen molar-refractivity contribution in [3.63, 3.8) is 0 Å². The van der Waals surface area contributed by atoms with Gasteiger partial charge in [0, 0.05) is 19.6 Å². The van der Waals surface area contributed by atoms with Crippen molar-refractivity contribution in [1.29, 1.82) is 0 Å². The maximum atomic E-state index is 11.0. The molecule has 2 aliphatic rings. The largest absolute Gasteiger partial charge is 0.387 e. The van der Waals surface area contributed by atoms with E-state index in [0.717, 1.165) is 39.0 Å². The van der Waals surface area contributed by atoms with Gasteiger partial charge in [-0.25, -0.2) is 0 Å². The number of hydrogen-bond acceptors (Lipinski definition) is 3. The molecule has 122 valence electrons. The summed E-state index contributed by atoms with van der Waals surface area (Å²) in [5.41, 5.74) is 3.58. The zero-order valence-corrected chi connectivity index (χ0v) is 14.1. The van der Waals surface area contributed by atoms with Crippen LogP contribution in [-0.4, -0.2) is 53.2 Å². The van der Waals surface area contributed by atoms with Gasteiger partial charge in [0.1, 0.15) is 0 Å². The van der Waals surface area contributed by atoms with Gasteiger partial charge in [-0.15, -0.1) is 0 Å². The highest BCUT2D eigenvalue weighted by atomic mass is 16.3. The molecule has 1 atom stereocenters. The highest BCUT2D eigenvalue weighted by molar-refractivity contribution is 5.30. The van der Waals surface area contributed by atoms with Crippen molar-refractivity contribution in [2.24, 2.45) is 0 Å². The van der Waals surface area contributed by atoms with Gasteiger partial charge in [0.2, 0.25) is 0 Å². The number of nitrogens with zero attached hydrogens (tertiary/aromatic N) is 2. The molecule has 3 rings (SSSR count). The zero-order valence-electron chi connectivity index (χ0n) is 14.1. The van der Waals surface area contributed by atoms with Crippen LogP contribution in [0, 0.1) is 13.8 Å². The van der Waals surface area contributed by atoms with Gasteiger partial charge in [-0.05, 0) is 70.3 Å². The maximum absolute atomic E-state index is 11.0. The van der Waals surface area contributed by atoms with E-state index in [9.17, 15) is 5.11 Å². The molecular formula is C19H30N2O. The van der Waals surface area contributed by atoms with E-state index in [1.807, 2.05) is 0 Å². The summed E-state index contributed by atoms with van der Waals surface area (Å²) < 4.78 is 0. The number of likely N-dealkylation sites (tertiary alicyclic amines) is 2. The van der Waals surface area contributed by atoms with E-state index in [1.165, 1.54) is 42.6 Å². The summed E-state index contributed by atoms with van der Waals surface area (Å²) in [5, 5.41) is 11.0. The second kappa shape index (κ2) is 6.69. The molecule has 22 heavy (non-hydrogen) atoms. The Balaban J connectivity index is 1.62. The monoisotopic (exact) mass is 302 g/mol. The molecule has 1 aromatic rings. The molecule has 0 spiro atoms. The summed E-state index contributed by atoms with van der Waals surface area (Å²) in [6, 6.07) is 6.71. The van der Waals surface area contributed by atoms with Crippen LogP contribution in [-0.2, 0) is 6.54 Å². The average Bonchev–Trinajstić information content (AvgIpc) is 2.94. The number of rotatable bonds is 4. The van der Waals surface area contributed by atoms with Gasteiger partial charge < -0.3 is 10.0 Å². The van der Waals surface area contributed by atoms with Crippen molar-refractivity contribution in [1.82, 2.24) is 9.80 Å². The predicted octanol–water partition coefficient (Wildman–Crippen LogP) is 2.73. The Morgan fingerprint density at radius 1 is 1.05 bits per heavy atom. The van der Waals surface area contributed by atoms with Gasteiger partial charge in [-0.1, -0.05) is 23.8 Å². The van der Waals surface area contributed by atoms with Crippen LogP contribution >= 0.6 is 0 Å². The predicted molar refractivity (Wildman–Crippen MR) is 91.1 cm³/mol. The molecule has 0 aromatic heterocycles. The minimum atomic E-state index is -0.513. The van der Waals surface area contributed by atoms with Crippen LogP contribution in [0.4, 0.5) is 0 Å². The lowest BCUT2D eigenvalue weighted by Crippen LogP contribution is -2.53. The Bertz CT molecular complexity index is 510. The first-order valence-corrected chi connectivity index (χ1v) is 8.77. The molecule has 1 N–H and O–H groups in total. The molecule has 1 unspecified atom stereocenters. The van der Waals surface area contributed by atoms with E-state index in [4.69, 9.17) is 0 Å². The fourth-order valence-corrected chi connectivity index (χ4v) is 4.09. The lowest BCUT2D eigenvalue weighted by Gasteiger charge is -2.41. The third kappa shape index (κ3) is 3.89. The van der Waals surface area contributed by atoms with Gasteiger partial charge in [-0.2, -0.15) is 0 Å². The van der Waals surface area contributed by atoms with Crippen LogP contribution in [0.3, 0.4) is 0 Å². The van der Waals surface area contributed by atoms with Crippen LogP contribution in [0.25, 0.3) is 0 Å². The van der Waals surface area contributed by atoms with E-state index < -0.39 is 5.60 Å². The molecule has 0 bridgehead atoms. The van der Waals surface area contributed by atoms with E-state index in [-0.39, 0.29) is 0 Å². The molecule has 0 saturated carbocycles. The molecule has 2 fully saturated rings. The van der Waals surface area contributed by atoms with Gasteiger partial charge in [0.25, 0.3) is 0 Å². The first-order valence-electron chi connectivity index (χ1n) is 8.77. The summed E-state index contributed by atoms with van der Waals surface area (Å²) >= 11 is 0. The number of benzene rings is 1. The molecule has 2 heterocycles. The first kappa shape index (κ1) is 16.0. The van der Waals surface area contributed by atoms with E-state index in [2.05, 4.69) is 41.8 Å². The lowest BCUT2D eigenvalue weighted by atomic mass is 9.91. The molecular weight excluding hydrogens is 272 g/mol. The highest BCUT2D eigenvalue weighted by Gasteiger charge is 2.35. The SMILES string of the molecule is Cc1ccc(CN2CCCC(O)(CN3CCCC3)C2)c(C)c1. The van der Waals surface area contributed by atoms with E-state index in [1.54, 1.807) is 0 Å². The Morgan fingerprint density at radius 2 is 1.77 bits per heavy atom. The molecule has 0 aliphatic carbocycles. The molecule has 1 aromatic carbocycles. The fraction of sp³-hybridized carbons (Fsp3) is 0.684. The van der Waals surface area contributed by atoms with Crippen LogP contribution < -0.4 is 0 Å². The van der Waals surface area contributed by atoms with Crippen LogP contribution in [0.5, 0.6) is 0 Å². The van der Waals surface area contributed by atoms with Gasteiger partial charge in [0.05, 0.1) is 5.60 Å². The number of hydrogen-bond donors (Lipinski definition) is 1. The standard InChI is InChI=1S/C19H30N2O/c1-16-6-7-18(17(2)12-16)13-21-11-5-8-19(22,15-21)14-20-9-3-4-10-20/h6-7,12,22H,3-5,8-11,13-15H2,1-2H3. The van der Waals surface area contributed by atoms with Crippen molar-refractivity contribution in [2.45, 2.75) is 51.7 Å². The van der Waals surface area contributed by atoms with Gasteiger partial charge >= 0.3 is 0 Å². The summed E-state index contributed by atoms with van der Waals surface area (Å²) in [7, 11) is 0. The molecule has 0 amide bonds. The van der Waals surface area contributed by atoms with E-state index in [0.29, 0.717) is 0 Å². The smallest absolute Gasteiger partial charge is 0.0900 e. The fourth-order valence-electron chi connectivity index (χ4n) is 4.09. The van der Waals surface area contributed by atoms with Crippen molar-refractivity contribution in [3.05, 3.63) is 34.9 Å². The zero-order chi connectivity index (χ0) is 15.6.